The Hall–Kier alpha value is -1.59. The van der Waals surface area contributed by atoms with Gasteiger partial charge in [0.25, 0.3) is 0 Å². The molecule has 0 aliphatic rings. The molecule has 1 aromatic carbocycles. The Bertz CT molecular complexity index is 559. The van der Waals surface area contributed by atoms with E-state index in [0.29, 0.717) is 6.54 Å². The lowest BCUT2D eigenvalue weighted by Gasteiger charge is -2.18. The summed E-state index contributed by atoms with van der Waals surface area (Å²) in [6.45, 7) is 4.65. The first-order chi connectivity index (χ1) is 9.12. The molecule has 0 saturated carbocycles. The molecule has 1 atom stereocenters. The van der Waals surface area contributed by atoms with Crippen LogP contribution in [-0.2, 0) is 4.74 Å². The van der Waals surface area contributed by atoms with E-state index in [1.165, 1.54) is 0 Å². The van der Waals surface area contributed by atoms with Crippen LogP contribution < -0.4 is 10.5 Å². The molecule has 5 nitrogen and oxygen atoms in total. The fourth-order valence-corrected chi connectivity index (χ4v) is 2.30. The van der Waals surface area contributed by atoms with Crippen molar-refractivity contribution in [3.63, 3.8) is 0 Å². The third-order valence-electron chi connectivity index (χ3n) is 3.23. The number of ether oxygens (including phenoxy) is 2. The summed E-state index contributed by atoms with van der Waals surface area (Å²) in [5.74, 6) is 1.66. The third-order valence-corrected chi connectivity index (χ3v) is 3.23. The molecule has 19 heavy (non-hydrogen) atoms. The minimum Gasteiger partial charge on any atom is -0.497 e. The highest BCUT2D eigenvalue weighted by molar-refractivity contribution is 5.78. The Labute approximate surface area is 113 Å². The van der Waals surface area contributed by atoms with E-state index < -0.39 is 0 Å². The maximum absolute atomic E-state index is 5.76. The molecule has 5 heteroatoms. The minimum atomic E-state index is -0.194. The van der Waals surface area contributed by atoms with Crippen molar-refractivity contribution in [2.75, 3.05) is 20.8 Å². The quantitative estimate of drug-likeness (QED) is 0.899. The SMILES string of the molecule is COc1ccc2c(c1)nc(C(CN)OC)n2C(C)C. The van der Waals surface area contributed by atoms with E-state index in [-0.39, 0.29) is 12.1 Å². The zero-order valence-corrected chi connectivity index (χ0v) is 11.9. The molecular formula is C14H21N3O2. The largest absolute Gasteiger partial charge is 0.497 e. The Kier molecular flexibility index (Phi) is 4.07. The van der Waals surface area contributed by atoms with E-state index in [1.54, 1.807) is 14.2 Å². The monoisotopic (exact) mass is 263 g/mol. The normalized spacial score (nSPS) is 13.2. The highest BCUT2D eigenvalue weighted by atomic mass is 16.5. The Morgan fingerprint density at radius 2 is 2.05 bits per heavy atom. The summed E-state index contributed by atoms with van der Waals surface area (Å²) in [7, 11) is 3.31. The van der Waals surface area contributed by atoms with Gasteiger partial charge in [-0.25, -0.2) is 4.98 Å². The summed E-state index contributed by atoms with van der Waals surface area (Å²) in [5, 5.41) is 0. The van der Waals surface area contributed by atoms with E-state index >= 15 is 0 Å². The van der Waals surface area contributed by atoms with E-state index in [0.717, 1.165) is 22.6 Å². The van der Waals surface area contributed by atoms with Crippen molar-refractivity contribution in [2.24, 2.45) is 5.73 Å². The number of hydrogen-bond acceptors (Lipinski definition) is 4. The molecular weight excluding hydrogens is 242 g/mol. The number of fused-ring (bicyclic) bond motifs is 1. The van der Waals surface area contributed by atoms with Crippen LogP contribution in [0.2, 0.25) is 0 Å². The predicted octanol–water partition coefficient (Wildman–Crippen LogP) is 2.27. The van der Waals surface area contributed by atoms with Crippen LogP contribution in [0.1, 0.15) is 31.8 Å². The zero-order valence-electron chi connectivity index (χ0n) is 11.9. The van der Waals surface area contributed by atoms with Gasteiger partial charge in [0, 0.05) is 25.8 Å². The number of nitrogens with two attached hydrogens (primary N) is 1. The van der Waals surface area contributed by atoms with Crippen LogP contribution >= 0.6 is 0 Å². The van der Waals surface area contributed by atoms with Crippen molar-refractivity contribution in [3.8, 4) is 5.75 Å². The first kappa shape index (κ1) is 13.8. The number of imidazole rings is 1. The van der Waals surface area contributed by atoms with Crippen LogP contribution in [0, 0.1) is 0 Å². The van der Waals surface area contributed by atoms with Crippen LogP contribution in [0.15, 0.2) is 18.2 Å². The summed E-state index contributed by atoms with van der Waals surface area (Å²) < 4.78 is 12.8. The van der Waals surface area contributed by atoms with Gasteiger partial charge in [0.2, 0.25) is 0 Å². The number of methoxy groups -OCH3 is 2. The molecule has 1 unspecified atom stereocenters. The van der Waals surface area contributed by atoms with Crippen LogP contribution in [0.5, 0.6) is 5.75 Å². The fraction of sp³-hybridized carbons (Fsp3) is 0.500. The number of benzene rings is 1. The van der Waals surface area contributed by atoms with Gasteiger partial charge in [0.15, 0.2) is 0 Å². The van der Waals surface area contributed by atoms with Crippen LogP contribution in [0.4, 0.5) is 0 Å². The Balaban J connectivity index is 2.65. The lowest BCUT2D eigenvalue weighted by Crippen LogP contribution is -2.19. The number of rotatable bonds is 5. The summed E-state index contributed by atoms with van der Waals surface area (Å²) >= 11 is 0. The first-order valence-corrected chi connectivity index (χ1v) is 6.41. The molecule has 0 fully saturated rings. The Morgan fingerprint density at radius 3 is 2.58 bits per heavy atom. The lowest BCUT2D eigenvalue weighted by molar-refractivity contribution is 0.0992. The topological polar surface area (TPSA) is 62.3 Å². The molecule has 0 bridgehead atoms. The second-order valence-electron chi connectivity index (χ2n) is 4.75. The number of nitrogens with zero attached hydrogens (tertiary/aromatic N) is 2. The van der Waals surface area contributed by atoms with Crippen molar-refractivity contribution in [1.82, 2.24) is 9.55 Å². The van der Waals surface area contributed by atoms with Crippen molar-refractivity contribution in [3.05, 3.63) is 24.0 Å². The molecule has 0 amide bonds. The summed E-state index contributed by atoms with van der Waals surface area (Å²) in [4.78, 5) is 4.66. The van der Waals surface area contributed by atoms with Crippen LogP contribution in [0.25, 0.3) is 11.0 Å². The van der Waals surface area contributed by atoms with Crippen molar-refractivity contribution < 1.29 is 9.47 Å². The summed E-state index contributed by atoms with van der Waals surface area (Å²) in [5.41, 5.74) is 7.73. The van der Waals surface area contributed by atoms with Crippen molar-refractivity contribution in [1.29, 1.82) is 0 Å². The van der Waals surface area contributed by atoms with Gasteiger partial charge in [0.1, 0.15) is 17.7 Å². The second-order valence-corrected chi connectivity index (χ2v) is 4.75. The van der Waals surface area contributed by atoms with Crippen LogP contribution in [-0.4, -0.2) is 30.3 Å². The fourth-order valence-electron chi connectivity index (χ4n) is 2.30. The predicted molar refractivity (Wildman–Crippen MR) is 75.5 cm³/mol. The second kappa shape index (κ2) is 5.59. The van der Waals surface area contributed by atoms with E-state index in [4.69, 9.17) is 15.2 Å². The smallest absolute Gasteiger partial charge is 0.140 e. The molecule has 0 aliphatic heterocycles. The molecule has 0 radical (unpaired) electrons. The van der Waals surface area contributed by atoms with Crippen molar-refractivity contribution >= 4 is 11.0 Å². The third kappa shape index (κ3) is 2.43. The molecule has 1 aromatic heterocycles. The molecule has 0 aliphatic carbocycles. The number of aromatic nitrogens is 2. The van der Waals surface area contributed by atoms with E-state index in [9.17, 15) is 0 Å². The van der Waals surface area contributed by atoms with Gasteiger partial charge in [-0.1, -0.05) is 0 Å². The average Bonchev–Trinajstić information content (AvgIpc) is 2.78. The average molecular weight is 263 g/mol. The van der Waals surface area contributed by atoms with Gasteiger partial charge in [0.05, 0.1) is 18.1 Å². The standard InChI is InChI=1S/C14H21N3O2/c1-9(2)17-12-6-5-10(18-3)7-11(12)16-14(17)13(8-15)19-4/h5-7,9,13H,8,15H2,1-4H3. The zero-order chi connectivity index (χ0) is 14.0. The molecule has 2 aromatic rings. The molecule has 104 valence electrons. The molecule has 0 saturated heterocycles. The summed E-state index contributed by atoms with van der Waals surface area (Å²) in [6.07, 6.45) is -0.194. The molecule has 2 rings (SSSR count). The Morgan fingerprint density at radius 1 is 1.32 bits per heavy atom. The molecule has 2 N–H and O–H groups in total. The van der Waals surface area contributed by atoms with Crippen molar-refractivity contribution in [2.45, 2.75) is 26.0 Å². The van der Waals surface area contributed by atoms with Gasteiger partial charge in [-0.15, -0.1) is 0 Å². The minimum absolute atomic E-state index is 0.194. The van der Waals surface area contributed by atoms with Crippen LogP contribution in [0.3, 0.4) is 0 Å². The highest BCUT2D eigenvalue weighted by Crippen LogP contribution is 2.28. The maximum atomic E-state index is 5.76. The first-order valence-electron chi connectivity index (χ1n) is 6.41. The summed E-state index contributed by atoms with van der Waals surface area (Å²) in [6, 6.07) is 6.18. The van der Waals surface area contributed by atoms with Gasteiger partial charge in [-0.05, 0) is 26.0 Å². The molecule has 0 spiro atoms. The van der Waals surface area contributed by atoms with E-state index in [1.807, 2.05) is 18.2 Å². The van der Waals surface area contributed by atoms with E-state index in [2.05, 4.69) is 23.4 Å². The highest BCUT2D eigenvalue weighted by Gasteiger charge is 2.20. The lowest BCUT2D eigenvalue weighted by atomic mass is 10.2. The van der Waals surface area contributed by atoms with Gasteiger partial charge in [-0.3, -0.25) is 0 Å². The number of hydrogen-bond donors (Lipinski definition) is 1. The van der Waals surface area contributed by atoms with Gasteiger partial charge in [-0.2, -0.15) is 0 Å². The maximum Gasteiger partial charge on any atom is 0.140 e. The van der Waals surface area contributed by atoms with Gasteiger partial charge >= 0.3 is 0 Å². The molecule has 1 heterocycles. The van der Waals surface area contributed by atoms with Gasteiger partial charge < -0.3 is 19.8 Å².